The fraction of sp³-hybridized carbons (Fsp3) is 0.667. The summed E-state index contributed by atoms with van der Waals surface area (Å²) in [6.07, 6.45) is 5.76. The molecule has 62 valence electrons. The molecule has 0 unspecified atom stereocenters. The smallest absolute Gasteiger partial charge is 0.247 e. The van der Waals surface area contributed by atoms with E-state index in [2.05, 4.69) is 36.6 Å². The quantitative estimate of drug-likeness (QED) is 0.635. The first kappa shape index (κ1) is 8.31. The van der Waals surface area contributed by atoms with E-state index in [0.29, 0.717) is 0 Å². The van der Waals surface area contributed by atoms with E-state index in [9.17, 15) is 0 Å². The minimum atomic E-state index is 1.17. The second-order valence-corrected chi connectivity index (χ2v) is 3.04. The first-order valence-corrected chi connectivity index (χ1v) is 4.28. The fourth-order valence-electron chi connectivity index (χ4n) is 1.18. The minimum absolute atomic E-state index is 1.17. The van der Waals surface area contributed by atoms with Crippen LogP contribution in [0.25, 0.3) is 0 Å². The van der Waals surface area contributed by atoms with Gasteiger partial charge in [0.15, 0.2) is 0 Å². The lowest BCUT2D eigenvalue weighted by molar-refractivity contribution is -0.683. The van der Waals surface area contributed by atoms with E-state index in [0.717, 1.165) is 0 Å². The minimum Gasteiger partial charge on any atom is -0.247 e. The van der Waals surface area contributed by atoms with Crippen molar-refractivity contribution < 1.29 is 4.57 Å². The Hall–Kier alpha value is -0.790. The Balaban J connectivity index is 2.63. The van der Waals surface area contributed by atoms with Crippen LogP contribution in [0.4, 0.5) is 0 Å². The molecule has 0 atom stereocenters. The predicted octanol–water partition coefficient (Wildman–Crippen LogP) is 1.49. The van der Waals surface area contributed by atoms with Crippen LogP contribution in [0.5, 0.6) is 0 Å². The van der Waals surface area contributed by atoms with Crippen molar-refractivity contribution in [1.82, 2.24) is 4.98 Å². The second kappa shape index (κ2) is 3.56. The molecule has 0 bridgehead atoms. The van der Waals surface area contributed by atoms with Gasteiger partial charge in [0, 0.05) is 13.3 Å². The summed E-state index contributed by atoms with van der Waals surface area (Å²) in [5, 5.41) is 0. The van der Waals surface area contributed by atoms with Gasteiger partial charge in [0.05, 0.1) is 7.05 Å². The molecule has 0 amide bonds. The van der Waals surface area contributed by atoms with Gasteiger partial charge in [-0.3, -0.25) is 0 Å². The van der Waals surface area contributed by atoms with E-state index in [1.807, 2.05) is 0 Å². The first-order valence-electron chi connectivity index (χ1n) is 4.28. The molecule has 0 saturated carbocycles. The van der Waals surface area contributed by atoms with Gasteiger partial charge >= 0.3 is 0 Å². The Labute approximate surface area is 68.3 Å². The SMILES string of the molecule is CCCCc1[nH]cc(C)[n+]1C. The molecule has 2 nitrogen and oxygen atoms in total. The van der Waals surface area contributed by atoms with E-state index >= 15 is 0 Å². The lowest BCUT2D eigenvalue weighted by Gasteiger charge is -1.93. The molecule has 0 aliphatic carbocycles. The number of nitrogens with one attached hydrogen (secondary N) is 1. The molecule has 0 aromatic carbocycles. The molecule has 1 aromatic rings. The normalized spacial score (nSPS) is 10.5. The van der Waals surface area contributed by atoms with Crippen LogP contribution in [0.3, 0.4) is 0 Å². The Morgan fingerprint density at radius 2 is 2.27 bits per heavy atom. The van der Waals surface area contributed by atoms with Crippen LogP contribution in [0.15, 0.2) is 6.20 Å². The number of rotatable bonds is 3. The number of hydrogen-bond donors (Lipinski definition) is 1. The fourth-order valence-corrected chi connectivity index (χ4v) is 1.18. The Morgan fingerprint density at radius 1 is 1.55 bits per heavy atom. The monoisotopic (exact) mass is 153 g/mol. The zero-order valence-corrected chi connectivity index (χ0v) is 7.65. The van der Waals surface area contributed by atoms with Crippen molar-refractivity contribution in [2.24, 2.45) is 7.05 Å². The van der Waals surface area contributed by atoms with Crippen LogP contribution in [0.2, 0.25) is 0 Å². The maximum absolute atomic E-state index is 3.27. The molecular weight excluding hydrogens is 136 g/mol. The van der Waals surface area contributed by atoms with Gasteiger partial charge < -0.3 is 0 Å². The van der Waals surface area contributed by atoms with E-state index in [1.165, 1.54) is 30.8 Å². The molecule has 0 fully saturated rings. The molecule has 1 rings (SSSR count). The molecule has 0 aliphatic rings. The van der Waals surface area contributed by atoms with Gasteiger partial charge in [0.2, 0.25) is 0 Å². The third-order valence-corrected chi connectivity index (χ3v) is 2.15. The van der Waals surface area contributed by atoms with Crippen molar-refractivity contribution in [2.75, 3.05) is 0 Å². The number of aromatic nitrogens is 2. The number of H-pyrrole nitrogens is 1. The van der Waals surface area contributed by atoms with Gasteiger partial charge in [-0.15, -0.1) is 0 Å². The van der Waals surface area contributed by atoms with Gasteiger partial charge in [-0.2, -0.15) is 0 Å². The Morgan fingerprint density at radius 3 is 2.73 bits per heavy atom. The zero-order valence-electron chi connectivity index (χ0n) is 7.65. The molecule has 0 spiro atoms. The lowest BCUT2D eigenvalue weighted by Crippen LogP contribution is -2.33. The maximum atomic E-state index is 3.27. The number of imidazole rings is 1. The standard InChI is InChI=1S/C9H16N2/c1-4-5-6-9-10-7-8(2)11(9)3/h7H,4-6H2,1-3H3/p+1. The van der Waals surface area contributed by atoms with E-state index in [-0.39, 0.29) is 0 Å². The predicted molar refractivity (Wildman–Crippen MR) is 45.3 cm³/mol. The average Bonchev–Trinajstić information content (AvgIpc) is 2.31. The average molecular weight is 153 g/mol. The maximum Gasteiger partial charge on any atom is 0.254 e. The molecule has 0 radical (unpaired) electrons. The molecule has 0 aliphatic heterocycles. The third-order valence-electron chi connectivity index (χ3n) is 2.15. The highest BCUT2D eigenvalue weighted by atomic mass is 15.0. The van der Waals surface area contributed by atoms with Gasteiger partial charge in [0.25, 0.3) is 5.82 Å². The summed E-state index contributed by atoms with van der Waals surface area (Å²) in [5.74, 6) is 1.34. The summed E-state index contributed by atoms with van der Waals surface area (Å²) in [5.41, 5.74) is 1.30. The van der Waals surface area contributed by atoms with Crippen LogP contribution in [-0.2, 0) is 13.5 Å². The van der Waals surface area contributed by atoms with E-state index in [4.69, 9.17) is 0 Å². The van der Waals surface area contributed by atoms with E-state index in [1.54, 1.807) is 0 Å². The highest BCUT2D eigenvalue weighted by molar-refractivity contribution is 4.87. The number of hydrogen-bond acceptors (Lipinski definition) is 0. The van der Waals surface area contributed by atoms with Gasteiger partial charge in [-0.05, 0) is 6.42 Å². The van der Waals surface area contributed by atoms with Gasteiger partial charge in [-0.1, -0.05) is 13.3 Å². The van der Waals surface area contributed by atoms with Gasteiger partial charge in [-0.25, -0.2) is 9.55 Å². The summed E-state index contributed by atoms with van der Waals surface area (Å²) in [6, 6.07) is 0. The molecule has 1 N–H and O–H groups in total. The van der Waals surface area contributed by atoms with Crippen molar-refractivity contribution in [3.8, 4) is 0 Å². The van der Waals surface area contributed by atoms with Crippen molar-refractivity contribution in [3.05, 3.63) is 17.7 Å². The summed E-state index contributed by atoms with van der Waals surface area (Å²) < 4.78 is 2.22. The van der Waals surface area contributed by atoms with Crippen molar-refractivity contribution in [1.29, 1.82) is 0 Å². The van der Waals surface area contributed by atoms with Crippen LogP contribution in [-0.4, -0.2) is 4.98 Å². The van der Waals surface area contributed by atoms with Crippen LogP contribution < -0.4 is 4.57 Å². The van der Waals surface area contributed by atoms with E-state index < -0.39 is 0 Å². The number of aromatic amines is 1. The van der Waals surface area contributed by atoms with Crippen LogP contribution >= 0.6 is 0 Å². The van der Waals surface area contributed by atoms with Gasteiger partial charge in [0.1, 0.15) is 11.9 Å². The highest BCUT2D eigenvalue weighted by Gasteiger charge is 2.08. The van der Waals surface area contributed by atoms with Crippen LogP contribution in [0, 0.1) is 6.92 Å². The third kappa shape index (κ3) is 1.82. The zero-order chi connectivity index (χ0) is 8.27. The van der Waals surface area contributed by atoms with Crippen molar-refractivity contribution >= 4 is 0 Å². The Bertz CT molecular complexity index is 225. The second-order valence-electron chi connectivity index (χ2n) is 3.04. The summed E-state index contributed by atoms with van der Waals surface area (Å²) >= 11 is 0. The van der Waals surface area contributed by atoms with Crippen LogP contribution in [0.1, 0.15) is 31.3 Å². The molecule has 2 heteroatoms. The molecule has 11 heavy (non-hydrogen) atoms. The summed E-state index contributed by atoms with van der Waals surface area (Å²) in [6.45, 7) is 4.34. The topological polar surface area (TPSA) is 19.7 Å². The highest BCUT2D eigenvalue weighted by Crippen LogP contribution is 1.97. The molecular formula is C9H17N2+. The largest absolute Gasteiger partial charge is 0.254 e. The number of nitrogens with zero attached hydrogens (tertiary/aromatic N) is 1. The summed E-state index contributed by atoms with van der Waals surface area (Å²) in [4.78, 5) is 3.27. The van der Waals surface area contributed by atoms with Crippen molar-refractivity contribution in [2.45, 2.75) is 33.1 Å². The Kier molecular flexibility index (Phi) is 2.69. The summed E-state index contributed by atoms with van der Waals surface area (Å²) in [7, 11) is 2.11. The number of unbranched alkanes of at least 4 members (excludes halogenated alkanes) is 1. The molecule has 1 aromatic heterocycles. The number of aryl methyl sites for hydroxylation is 2. The first-order chi connectivity index (χ1) is 5.25. The lowest BCUT2D eigenvalue weighted by atomic mass is 10.2. The molecule has 1 heterocycles. The molecule has 0 saturated heterocycles. The van der Waals surface area contributed by atoms with Crippen molar-refractivity contribution in [3.63, 3.8) is 0 Å².